The third-order valence-corrected chi connectivity index (χ3v) is 17.6. The van der Waals surface area contributed by atoms with Gasteiger partial charge in [-0.3, -0.25) is 4.57 Å². The van der Waals surface area contributed by atoms with Crippen molar-refractivity contribution in [1.29, 1.82) is 0 Å². The van der Waals surface area contributed by atoms with Crippen molar-refractivity contribution in [2.45, 2.75) is 102 Å². The van der Waals surface area contributed by atoms with Crippen LogP contribution in [0.25, 0.3) is 11.2 Å². The lowest BCUT2D eigenvalue weighted by Gasteiger charge is -2.51. The molecule has 0 unspecified atom stereocenters. The van der Waals surface area contributed by atoms with Crippen molar-refractivity contribution in [3.8, 4) is 0 Å². The van der Waals surface area contributed by atoms with Crippen LogP contribution in [0.5, 0.6) is 0 Å². The van der Waals surface area contributed by atoms with Gasteiger partial charge >= 0.3 is 17.1 Å². The van der Waals surface area contributed by atoms with Crippen molar-refractivity contribution in [2.75, 3.05) is 12.3 Å². The average Bonchev–Trinajstić information content (AvgIpc) is 3.29. The Morgan fingerprint density at radius 3 is 2.15 bits per heavy atom. The Morgan fingerprint density at radius 1 is 0.941 bits per heavy atom. The number of nitrogen functional groups attached to an aromatic ring is 1. The number of anilines is 1. The first-order chi connectivity index (χ1) is 15.9. The Kier molecular flexibility index (Phi) is 6.97. The number of nitrogens with two attached hydrogens (primary N) is 2. The second-order valence-corrected chi connectivity index (χ2v) is 19.6. The van der Waals surface area contributed by atoms with Gasteiger partial charge < -0.3 is 29.2 Å². The van der Waals surface area contributed by atoms with Crippen LogP contribution in [0.15, 0.2) is 12.7 Å². The second-order valence-electron chi connectivity index (χ2n) is 10.8. The maximum atomic E-state index is 7.25. The van der Waals surface area contributed by atoms with E-state index >= 15 is 0 Å². The highest BCUT2D eigenvalue weighted by atomic mass is 28.5. The predicted molar refractivity (Wildman–Crippen MR) is 135 cm³/mol. The molecule has 2 aliphatic rings. The summed E-state index contributed by atoms with van der Waals surface area (Å²) in [6.45, 7) is 18.0. The van der Waals surface area contributed by atoms with Gasteiger partial charge in [-0.1, -0.05) is 55.4 Å². The molecule has 0 spiro atoms. The normalized spacial score (nSPS) is 29.2. The zero-order valence-corrected chi connectivity index (χ0v) is 23.6. The van der Waals surface area contributed by atoms with Crippen molar-refractivity contribution in [3.63, 3.8) is 0 Å². The van der Waals surface area contributed by atoms with Gasteiger partial charge in [-0.25, -0.2) is 15.0 Å². The fraction of sp³-hybridized carbons (Fsp3) is 0.773. The average molecular weight is 509 g/mol. The monoisotopic (exact) mass is 508 g/mol. The largest absolute Gasteiger partial charge is 0.414 e. The Balaban J connectivity index is 1.77. The molecule has 2 saturated heterocycles. The number of aromatic nitrogens is 4. The molecular weight excluding hydrogens is 468 g/mol. The van der Waals surface area contributed by atoms with E-state index in [1.54, 1.807) is 6.33 Å². The van der Waals surface area contributed by atoms with E-state index in [-0.39, 0.29) is 34.4 Å². The van der Waals surface area contributed by atoms with Crippen molar-refractivity contribution in [3.05, 3.63) is 12.7 Å². The number of rotatable bonds is 5. The SMILES string of the molecule is CC(C)[Si]1(C(C)C)OC[C@@H]2O[C@H](n3cnc4c(N)ncnc43)[C@H](N)[C@H]2O[Si](C(C)C)(C(C)C)O1. The van der Waals surface area contributed by atoms with E-state index in [0.29, 0.717) is 23.6 Å². The second kappa shape index (κ2) is 9.23. The van der Waals surface area contributed by atoms with Gasteiger partial charge in [0.25, 0.3) is 0 Å². The van der Waals surface area contributed by atoms with Gasteiger partial charge in [0.2, 0.25) is 0 Å². The number of nitrogens with zero attached hydrogens (tertiary/aromatic N) is 4. The van der Waals surface area contributed by atoms with Crippen LogP contribution in [0.2, 0.25) is 22.2 Å². The van der Waals surface area contributed by atoms with Gasteiger partial charge in [-0.15, -0.1) is 0 Å². The smallest absolute Gasteiger partial charge is 0.335 e. The molecule has 4 atom stereocenters. The molecule has 4 N–H and O–H groups in total. The first-order valence-electron chi connectivity index (χ1n) is 12.3. The van der Waals surface area contributed by atoms with Crippen LogP contribution >= 0.6 is 0 Å². The summed E-state index contributed by atoms with van der Waals surface area (Å²) in [6.07, 6.45) is 1.87. The molecular formula is C22H40N6O4Si2. The molecule has 190 valence electrons. The molecule has 2 aromatic heterocycles. The number of ether oxygens (including phenoxy) is 1. The molecule has 0 amide bonds. The van der Waals surface area contributed by atoms with E-state index in [1.165, 1.54) is 6.33 Å². The van der Waals surface area contributed by atoms with Gasteiger partial charge in [0.05, 0.1) is 25.1 Å². The van der Waals surface area contributed by atoms with Gasteiger partial charge in [-0.05, 0) is 22.2 Å². The first kappa shape index (κ1) is 25.7. The Hall–Kier alpha value is -1.42. The summed E-state index contributed by atoms with van der Waals surface area (Å²) in [4.78, 5) is 12.8. The molecule has 0 saturated carbocycles. The summed E-state index contributed by atoms with van der Waals surface area (Å²) < 4.78 is 29.5. The van der Waals surface area contributed by atoms with Gasteiger partial charge in [0.15, 0.2) is 17.7 Å². The number of hydrogen-bond donors (Lipinski definition) is 2. The molecule has 0 bridgehead atoms. The highest BCUT2D eigenvalue weighted by molar-refractivity contribution is 6.84. The van der Waals surface area contributed by atoms with Crippen molar-refractivity contribution in [2.24, 2.45) is 5.73 Å². The minimum Gasteiger partial charge on any atom is -0.414 e. The quantitative estimate of drug-likeness (QED) is 0.581. The molecule has 2 aliphatic heterocycles. The van der Waals surface area contributed by atoms with Gasteiger partial charge in [0, 0.05) is 0 Å². The van der Waals surface area contributed by atoms with Crippen LogP contribution in [0.4, 0.5) is 5.82 Å². The van der Waals surface area contributed by atoms with Crippen LogP contribution in [0.3, 0.4) is 0 Å². The summed E-state index contributed by atoms with van der Waals surface area (Å²) in [7, 11) is -5.42. The van der Waals surface area contributed by atoms with Crippen LogP contribution in [-0.2, 0) is 17.7 Å². The summed E-state index contributed by atoms with van der Waals surface area (Å²) in [5, 5.41) is 0. The maximum absolute atomic E-state index is 7.25. The van der Waals surface area contributed by atoms with Crippen LogP contribution in [0, 0.1) is 0 Å². The standard InChI is InChI=1S/C22H40N6O4Si2/c1-12(2)33(13(3)4)29-9-16-19(31-34(32-33,14(5)6)15(7)8)17(23)22(30-16)28-11-27-18-20(24)25-10-26-21(18)28/h10-17,19,22H,9,23H2,1-8H3,(H2,24,25,26)/t16-,17+,19-,22-/m0/s1. The van der Waals surface area contributed by atoms with E-state index in [1.807, 2.05) is 4.57 Å². The molecule has 0 aliphatic carbocycles. The maximum Gasteiger partial charge on any atom is 0.335 e. The highest BCUT2D eigenvalue weighted by Crippen LogP contribution is 2.48. The Bertz CT molecular complexity index is 1000. The topological polar surface area (TPSA) is 133 Å². The molecule has 34 heavy (non-hydrogen) atoms. The minimum absolute atomic E-state index is 0.215. The summed E-state index contributed by atoms with van der Waals surface area (Å²) in [5.41, 5.74) is 14.9. The summed E-state index contributed by atoms with van der Waals surface area (Å²) in [5.74, 6) is 0.324. The molecule has 4 rings (SSSR count). The molecule has 4 heterocycles. The number of fused-ring (bicyclic) bond motifs is 2. The van der Waals surface area contributed by atoms with Crippen LogP contribution in [0.1, 0.15) is 61.6 Å². The van der Waals surface area contributed by atoms with Crippen molar-refractivity contribution >= 4 is 34.1 Å². The lowest BCUT2D eigenvalue weighted by molar-refractivity contribution is -0.0546. The molecule has 0 aromatic carbocycles. The number of hydrogen-bond acceptors (Lipinski definition) is 9. The zero-order valence-electron chi connectivity index (χ0n) is 21.6. The van der Waals surface area contributed by atoms with E-state index < -0.39 is 29.4 Å². The van der Waals surface area contributed by atoms with Crippen LogP contribution < -0.4 is 11.5 Å². The van der Waals surface area contributed by atoms with E-state index in [4.69, 9.17) is 29.2 Å². The molecule has 10 nitrogen and oxygen atoms in total. The summed E-state index contributed by atoms with van der Waals surface area (Å²) in [6, 6.07) is -0.456. The van der Waals surface area contributed by atoms with E-state index in [0.717, 1.165) is 0 Å². The zero-order chi connectivity index (χ0) is 25.0. The third-order valence-electron chi connectivity index (χ3n) is 7.38. The summed E-state index contributed by atoms with van der Waals surface area (Å²) >= 11 is 0. The van der Waals surface area contributed by atoms with Gasteiger partial charge in [-0.2, -0.15) is 0 Å². The van der Waals surface area contributed by atoms with Crippen LogP contribution in [-0.4, -0.2) is 61.5 Å². The Labute approximate surface area is 204 Å². The molecule has 0 radical (unpaired) electrons. The minimum atomic E-state index is -2.78. The molecule has 12 heteroatoms. The van der Waals surface area contributed by atoms with E-state index in [9.17, 15) is 0 Å². The molecule has 2 fully saturated rings. The van der Waals surface area contributed by atoms with E-state index in [2.05, 4.69) is 70.3 Å². The fourth-order valence-electron chi connectivity index (χ4n) is 5.49. The molecule has 2 aromatic rings. The highest BCUT2D eigenvalue weighted by Gasteiger charge is 2.61. The van der Waals surface area contributed by atoms with Crippen molar-refractivity contribution < 1.29 is 17.7 Å². The Morgan fingerprint density at radius 2 is 1.56 bits per heavy atom. The first-order valence-corrected chi connectivity index (χ1v) is 16.2. The predicted octanol–water partition coefficient (Wildman–Crippen LogP) is 3.59. The third kappa shape index (κ3) is 3.92. The van der Waals surface area contributed by atoms with Crippen molar-refractivity contribution in [1.82, 2.24) is 19.5 Å². The number of imidazole rings is 1. The lowest BCUT2D eigenvalue weighted by Crippen LogP contribution is -2.66. The fourth-order valence-corrected chi connectivity index (χ4v) is 16.7. The lowest BCUT2D eigenvalue weighted by atomic mass is 10.1. The van der Waals surface area contributed by atoms with Gasteiger partial charge in [0.1, 0.15) is 17.9 Å².